The number of ether oxygens (including phenoxy) is 3. The predicted molar refractivity (Wildman–Crippen MR) is 102 cm³/mol. The van der Waals surface area contributed by atoms with Gasteiger partial charge in [0.2, 0.25) is 0 Å². The maximum Gasteiger partial charge on any atom is 0.258 e. The maximum absolute atomic E-state index is 12.7. The molecular formula is C22H23NO4. The van der Waals surface area contributed by atoms with Crippen LogP contribution in [0.2, 0.25) is 0 Å². The minimum atomic E-state index is -0.127. The maximum atomic E-state index is 12.7. The summed E-state index contributed by atoms with van der Waals surface area (Å²) < 4.78 is 18.4. The summed E-state index contributed by atoms with van der Waals surface area (Å²) in [5, 5.41) is 0. The van der Waals surface area contributed by atoms with E-state index in [0.717, 1.165) is 16.9 Å². The largest absolute Gasteiger partial charge is 0.491 e. The number of pyridine rings is 1. The first-order valence-corrected chi connectivity index (χ1v) is 9.37. The van der Waals surface area contributed by atoms with Gasteiger partial charge in [0.05, 0.1) is 25.5 Å². The summed E-state index contributed by atoms with van der Waals surface area (Å²) in [5.41, 5.74) is 2.43. The van der Waals surface area contributed by atoms with E-state index in [4.69, 9.17) is 14.2 Å². The lowest BCUT2D eigenvalue weighted by Gasteiger charge is -2.23. The fraction of sp³-hybridized carbons (Fsp3) is 0.409. The van der Waals surface area contributed by atoms with Gasteiger partial charge in [-0.2, -0.15) is 0 Å². The van der Waals surface area contributed by atoms with Gasteiger partial charge in [-0.25, -0.2) is 0 Å². The number of hydrogen-bond acceptors (Lipinski definition) is 4. The fourth-order valence-electron chi connectivity index (χ4n) is 3.04. The summed E-state index contributed by atoms with van der Waals surface area (Å²) in [5.74, 6) is 7.56. The van der Waals surface area contributed by atoms with E-state index in [1.165, 1.54) is 18.9 Å². The highest BCUT2D eigenvalue weighted by atomic mass is 16.6. The van der Waals surface area contributed by atoms with Crippen LogP contribution in [0.1, 0.15) is 24.1 Å². The van der Waals surface area contributed by atoms with Crippen LogP contribution in [0.5, 0.6) is 5.75 Å². The molecule has 27 heavy (non-hydrogen) atoms. The van der Waals surface area contributed by atoms with Crippen molar-refractivity contribution in [3.8, 4) is 23.3 Å². The standard InChI is InChI=1S/C22H23NO4/c1-16-11-20(27-15-21-14-25-9-10-26-21)13-22(24)23(16)19-4-2-3-18(12-19)8-7-17-5-6-17/h2-4,11-13,17,21H,5-6,9-10,14-15H2,1H3. The topological polar surface area (TPSA) is 49.7 Å². The summed E-state index contributed by atoms with van der Waals surface area (Å²) in [4.78, 5) is 12.7. The summed E-state index contributed by atoms with van der Waals surface area (Å²) in [6.07, 6.45) is 2.30. The van der Waals surface area contributed by atoms with Crippen molar-refractivity contribution < 1.29 is 14.2 Å². The number of benzene rings is 1. The van der Waals surface area contributed by atoms with Crippen LogP contribution in [0, 0.1) is 24.7 Å². The highest BCUT2D eigenvalue weighted by Crippen LogP contribution is 2.27. The Labute approximate surface area is 158 Å². The van der Waals surface area contributed by atoms with Gasteiger partial charge in [-0.05, 0) is 38.0 Å². The summed E-state index contributed by atoms with van der Waals surface area (Å²) >= 11 is 0. The normalized spacial score (nSPS) is 19.2. The predicted octanol–water partition coefficient (Wildman–Crippen LogP) is 2.70. The Bertz CT molecular complexity index is 927. The first-order chi connectivity index (χ1) is 13.2. The average Bonchev–Trinajstić information content (AvgIpc) is 3.50. The molecule has 0 bridgehead atoms. The smallest absolute Gasteiger partial charge is 0.258 e. The molecule has 1 saturated carbocycles. The Hall–Kier alpha value is -2.55. The van der Waals surface area contributed by atoms with Gasteiger partial charge < -0.3 is 14.2 Å². The first kappa shape index (κ1) is 17.8. The second kappa shape index (κ2) is 7.99. The Morgan fingerprint density at radius 1 is 1.22 bits per heavy atom. The number of aromatic nitrogens is 1. The first-order valence-electron chi connectivity index (χ1n) is 9.37. The third-order valence-corrected chi connectivity index (χ3v) is 4.61. The second-order valence-electron chi connectivity index (χ2n) is 6.98. The molecular weight excluding hydrogens is 342 g/mol. The molecule has 0 spiro atoms. The molecule has 2 aromatic rings. The van der Waals surface area contributed by atoms with Gasteiger partial charge in [0, 0.05) is 29.3 Å². The van der Waals surface area contributed by atoms with Crippen molar-refractivity contribution >= 4 is 0 Å². The third-order valence-electron chi connectivity index (χ3n) is 4.61. The molecule has 5 heteroatoms. The van der Waals surface area contributed by atoms with Gasteiger partial charge in [0.25, 0.3) is 5.56 Å². The molecule has 1 aliphatic heterocycles. The van der Waals surface area contributed by atoms with E-state index >= 15 is 0 Å². The zero-order valence-corrected chi connectivity index (χ0v) is 15.4. The highest BCUT2D eigenvalue weighted by molar-refractivity contribution is 5.45. The van der Waals surface area contributed by atoms with Crippen molar-refractivity contribution in [3.05, 3.63) is 58.0 Å². The SMILES string of the molecule is Cc1cc(OCC2COCCO2)cc(=O)n1-c1cccc(C#CC2CC2)c1. The van der Waals surface area contributed by atoms with Crippen LogP contribution in [0.3, 0.4) is 0 Å². The molecule has 1 unspecified atom stereocenters. The van der Waals surface area contributed by atoms with Crippen molar-refractivity contribution in [2.75, 3.05) is 26.4 Å². The van der Waals surface area contributed by atoms with Crippen molar-refractivity contribution in [1.82, 2.24) is 4.57 Å². The van der Waals surface area contributed by atoms with E-state index in [1.807, 2.05) is 37.3 Å². The van der Waals surface area contributed by atoms with Crippen LogP contribution in [-0.2, 0) is 9.47 Å². The van der Waals surface area contributed by atoms with E-state index in [0.29, 0.717) is 38.1 Å². The minimum Gasteiger partial charge on any atom is -0.491 e. The lowest BCUT2D eigenvalue weighted by molar-refractivity contribution is -0.101. The molecule has 1 aromatic heterocycles. The van der Waals surface area contributed by atoms with Gasteiger partial charge in [-0.3, -0.25) is 9.36 Å². The van der Waals surface area contributed by atoms with Gasteiger partial charge in [0.1, 0.15) is 18.5 Å². The van der Waals surface area contributed by atoms with E-state index in [1.54, 1.807) is 4.57 Å². The van der Waals surface area contributed by atoms with Gasteiger partial charge in [0.15, 0.2) is 0 Å². The molecule has 1 atom stereocenters. The molecule has 1 aromatic carbocycles. The fourth-order valence-corrected chi connectivity index (χ4v) is 3.04. The van der Waals surface area contributed by atoms with E-state index in [-0.39, 0.29) is 11.7 Å². The van der Waals surface area contributed by atoms with Gasteiger partial charge >= 0.3 is 0 Å². The van der Waals surface area contributed by atoms with Crippen molar-refractivity contribution in [2.45, 2.75) is 25.9 Å². The van der Waals surface area contributed by atoms with Crippen LogP contribution < -0.4 is 10.3 Å². The molecule has 5 nitrogen and oxygen atoms in total. The van der Waals surface area contributed by atoms with Crippen LogP contribution in [-0.4, -0.2) is 37.1 Å². The third kappa shape index (κ3) is 4.60. The Morgan fingerprint density at radius 3 is 2.85 bits per heavy atom. The molecule has 2 aliphatic rings. The zero-order chi connectivity index (χ0) is 18.6. The lowest BCUT2D eigenvalue weighted by atomic mass is 10.2. The van der Waals surface area contributed by atoms with Crippen LogP contribution in [0.15, 0.2) is 41.2 Å². The molecule has 140 valence electrons. The molecule has 0 N–H and O–H groups in total. The minimum absolute atomic E-state index is 0.0942. The van der Waals surface area contributed by atoms with E-state index in [2.05, 4.69) is 11.8 Å². The molecule has 0 radical (unpaired) electrons. The monoisotopic (exact) mass is 365 g/mol. The average molecular weight is 365 g/mol. The zero-order valence-electron chi connectivity index (χ0n) is 15.4. The van der Waals surface area contributed by atoms with Crippen LogP contribution >= 0.6 is 0 Å². The van der Waals surface area contributed by atoms with E-state index < -0.39 is 0 Å². The number of hydrogen-bond donors (Lipinski definition) is 0. The summed E-state index contributed by atoms with van der Waals surface area (Å²) in [7, 11) is 0. The Kier molecular flexibility index (Phi) is 5.28. The Balaban J connectivity index is 1.52. The van der Waals surface area contributed by atoms with Crippen molar-refractivity contribution in [1.29, 1.82) is 0 Å². The molecule has 0 amide bonds. The quantitative estimate of drug-likeness (QED) is 0.782. The second-order valence-corrected chi connectivity index (χ2v) is 6.98. The van der Waals surface area contributed by atoms with Crippen molar-refractivity contribution in [2.24, 2.45) is 5.92 Å². The lowest BCUT2D eigenvalue weighted by Crippen LogP contribution is -2.33. The molecule has 1 saturated heterocycles. The number of aryl methyl sites for hydroxylation is 1. The number of rotatable bonds is 4. The highest BCUT2D eigenvalue weighted by Gasteiger charge is 2.18. The van der Waals surface area contributed by atoms with Gasteiger partial charge in [-0.1, -0.05) is 17.9 Å². The Morgan fingerprint density at radius 2 is 2.11 bits per heavy atom. The van der Waals surface area contributed by atoms with Crippen LogP contribution in [0.25, 0.3) is 5.69 Å². The van der Waals surface area contributed by atoms with E-state index in [9.17, 15) is 4.79 Å². The molecule has 1 aliphatic carbocycles. The molecule has 2 fully saturated rings. The number of nitrogens with zero attached hydrogens (tertiary/aromatic N) is 1. The molecule has 2 heterocycles. The van der Waals surface area contributed by atoms with Crippen molar-refractivity contribution in [3.63, 3.8) is 0 Å². The van der Waals surface area contributed by atoms with Crippen LogP contribution in [0.4, 0.5) is 0 Å². The molecule has 4 rings (SSSR count). The summed E-state index contributed by atoms with van der Waals surface area (Å²) in [6, 6.07) is 11.2. The summed E-state index contributed by atoms with van der Waals surface area (Å²) in [6.45, 7) is 3.99. The van der Waals surface area contributed by atoms with Gasteiger partial charge in [-0.15, -0.1) is 0 Å².